The molecule has 0 heterocycles. The number of aliphatic imine (C=N–C) groups is 1. The minimum absolute atomic E-state index is 0.663. The highest BCUT2D eigenvalue weighted by atomic mass is 16.5. The van der Waals surface area contributed by atoms with Crippen LogP contribution in [0.25, 0.3) is 0 Å². The maximum Gasteiger partial charge on any atom is 0.184 e. The number of ether oxygens (including phenoxy) is 1. The standard InChI is InChI=1S/C8H13NO/c1-5-6-7(2)9-8(3)10-4/h5-6H,1H2,2-4H3/b7-6+,9-8?. The van der Waals surface area contributed by atoms with Gasteiger partial charge < -0.3 is 4.74 Å². The molecule has 0 aromatic heterocycles. The molecule has 0 saturated carbocycles. The van der Waals surface area contributed by atoms with Crippen LogP contribution in [0.2, 0.25) is 0 Å². The summed E-state index contributed by atoms with van der Waals surface area (Å²) in [6.07, 6.45) is 3.52. The molecule has 56 valence electrons. The van der Waals surface area contributed by atoms with Crippen molar-refractivity contribution in [2.75, 3.05) is 7.11 Å². The summed E-state index contributed by atoms with van der Waals surface area (Å²) < 4.78 is 4.84. The van der Waals surface area contributed by atoms with Gasteiger partial charge in [-0.1, -0.05) is 12.7 Å². The number of methoxy groups -OCH3 is 1. The van der Waals surface area contributed by atoms with Crippen molar-refractivity contribution in [3.8, 4) is 0 Å². The SMILES string of the molecule is C=C/C=C(\C)N=C(C)OC. The summed E-state index contributed by atoms with van der Waals surface area (Å²) in [5, 5.41) is 0. The Labute approximate surface area is 61.9 Å². The maximum atomic E-state index is 4.84. The van der Waals surface area contributed by atoms with Gasteiger partial charge >= 0.3 is 0 Å². The highest BCUT2D eigenvalue weighted by Gasteiger charge is 1.85. The molecular weight excluding hydrogens is 126 g/mol. The Morgan fingerprint density at radius 3 is 2.50 bits per heavy atom. The number of rotatable bonds is 2. The Kier molecular flexibility index (Phi) is 4.29. The number of nitrogens with zero attached hydrogens (tertiary/aromatic N) is 1. The van der Waals surface area contributed by atoms with Crippen LogP contribution in [-0.2, 0) is 4.74 Å². The van der Waals surface area contributed by atoms with Crippen LogP contribution in [0.1, 0.15) is 13.8 Å². The largest absolute Gasteiger partial charge is 0.484 e. The molecule has 0 spiro atoms. The molecule has 0 aliphatic carbocycles. The molecule has 0 rings (SSSR count). The van der Waals surface area contributed by atoms with Gasteiger partial charge in [-0.15, -0.1) is 0 Å². The fourth-order valence-corrected chi connectivity index (χ4v) is 0.502. The van der Waals surface area contributed by atoms with Gasteiger partial charge in [-0.05, 0) is 13.0 Å². The van der Waals surface area contributed by atoms with Crippen molar-refractivity contribution in [2.45, 2.75) is 13.8 Å². The lowest BCUT2D eigenvalue weighted by atomic mass is 10.4. The minimum atomic E-state index is 0.663. The zero-order chi connectivity index (χ0) is 7.98. The second-order valence-corrected chi connectivity index (χ2v) is 1.88. The average molecular weight is 139 g/mol. The Balaban J connectivity index is 4.11. The zero-order valence-electron chi connectivity index (χ0n) is 6.72. The van der Waals surface area contributed by atoms with Gasteiger partial charge in [-0.2, -0.15) is 0 Å². The lowest BCUT2D eigenvalue weighted by Crippen LogP contribution is -1.92. The van der Waals surface area contributed by atoms with Crippen LogP contribution >= 0.6 is 0 Å². The van der Waals surface area contributed by atoms with Crippen LogP contribution in [0.5, 0.6) is 0 Å². The smallest absolute Gasteiger partial charge is 0.184 e. The predicted molar refractivity (Wildman–Crippen MR) is 44.1 cm³/mol. The van der Waals surface area contributed by atoms with E-state index < -0.39 is 0 Å². The van der Waals surface area contributed by atoms with Crippen molar-refractivity contribution in [2.24, 2.45) is 4.99 Å². The Morgan fingerprint density at radius 2 is 2.10 bits per heavy atom. The molecule has 0 unspecified atom stereocenters. The van der Waals surface area contributed by atoms with Gasteiger partial charge in [0.15, 0.2) is 5.90 Å². The van der Waals surface area contributed by atoms with Crippen molar-refractivity contribution < 1.29 is 4.74 Å². The molecule has 0 N–H and O–H groups in total. The molecule has 0 aliphatic rings. The lowest BCUT2D eigenvalue weighted by Gasteiger charge is -1.95. The van der Waals surface area contributed by atoms with Crippen molar-refractivity contribution in [1.82, 2.24) is 0 Å². The third-order valence-electron chi connectivity index (χ3n) is 0.988. The summed E-state index contributed by atoms with van der Waals surface area (Å²) in [7, 11) is 1.60. The molecule has 0 aliphatic heterocycles. The first-order chi connectivity index (χ1) is 4.70. The average Bonchev–Trinajstić information content (AvgIpc) is 1.88. The topological polar surface area (TPSA) is 21.6 Å². The fourth-order valence-electron chi connectivity index (χ4n) is 0.502. The van der Waals surface area contributed by atoms with E-state index in [1.807, 2.05) is 13.0 Å². The summed E-state index contributed by atoms with van der Waals surface area (Å²) in [5.41, 5.74) is 0.898. The van der Waals surface area contributed by atoms with Crippen LogP contribution < -0.4 is 0 Å². The number of hydrogen-bond donors (Lipinski definition) is 0. The summed E-state index contributed by atoms with van der Waals surface area (Å²) in [4.78, 5) is 4.07. The van der Waals surface area contributed by atoms with E-state index in [2.05, 4.69) is 11.6 Å². The van der Waals surface area contributed by atoms with Gasteiger partial charge in [0.05, 0.1) is 7.11 Å². The molecule has 2 nitrogen and oxygen atoms in total. The second kappa shape index (κ2) is 4.79. The fraction of sp³-hybridized carbons (Fsp3) is 0.375. The first-order valence-electron chi connectivity index (χ1n) is 3.09. The Hall–Kier alpha value is -1.05. The minimum Gasteiger partial charge on any atom is -0.484 e. The molecule has 0 bridgehead atoms. The number of hydrogen-bond acceptors (Lipinski definition) is 2. The normalized spacial score (nSPS) is 13.1. The molecule has 0 amide bonds. The summed E-state index contributed by atoms with van der Waals surface area (Å²) >= 11 is 0. The summed E-state index contributed by atoms with van der Waals surface area (Å²) in [6, 6.07) is 0. The van der Waals surface area contributed by atoms with E-state index in [4.69, 9.17) is 4.74 Å². The van der Waals surface area contributed by atoms with Crippen LogP contribution in [-0.4, -0.2) is 13.0 Å². The number of allylic oxidation sites excluding steroid dienone is 3. The maximum absolute atomic E-state index is 4.84. The highest BCUT2D eigenvalue weighted by molar-refractivity contribution is 5.74. The Bertz CT molecular complexity index is 168. The van der Waals surface area contributed by atoms with Crippen LogP contribution in [0.3, 0.4) is 0 Å². The van der Waals surface area contributed by atoms with E-state index in [-0.39, 0.29) is 0 Å². The van der Waals surface area contributed by atoms with E-state index in [0.717, 1.165) is 5.70 Å². The highest BCUT2D eigenvalue weighted by Crippen LogP contribution is 1.95. The lowest BCUT2D eigenvalue weighted by molar-refractivity contribution is 0.399. The molecule has 10 heavy (non-hydrogen) atoms. The molecule has 0 atom stereocenters. The molecular formula is C8H13NO. The van der Waals surface area contributed by atoms with Crippen molar-refractivity contribution in [1.29, 1.82) is 0 Å². The first-order valence-corrected chi connectivity index (χ1v) is 3.09. The van der Waals surface area contributed by atoms with E-state index in [1.165, 1.54) is 0 Å². The quantitative estimate of drug-likeness (QED) is 0.326. The Morgan fingerprint density at radius 1 is 1.50 bits per heavy atom. The van der Waals surface area contributed by atoms with Crippen LogP contribution in [0, 0.1) is 0 Å². The second-order valence-electron chi connectivity index (χ2n) is 1.88. The van der Waals surface area contributed by atoms with E-state index in [0.29, 0.717) is 5.90 Å². The van der Waals surface area contributed by atoms with Gasteiger partial charge in [0.25, 0.3) is 0 Å². The van der Waals surface area contributed by atoms with Gasteiger partial charge in [0.2, 0.25) is 0 Å². The van der Waals surface area contributed by atoms with Gasteiger partial charge in [0.1, 0.15) is 0 Å². The van der Waals surface area contributed by atoms with Crippen molar-refractivity contribution in [3.05, 3.63) is 24.4 Å². The third-order valence-corrected chi connectivity index (χ3v) is 0.988. The first kappa shape index (κ1) is 8.95. The van der Waals surface area contributed by atoms with E-state index in [9.17, 15) is 0 Å². The molecule has 0 fully saturated rings. The van der Waals surface area contributed by atoms with E-state index in [1.54, 1.807) is 20.1 Å². The summed E-state index contributed by atoms with van der Waals surface area (Å²) in [6.45, 7) is 7.25. The van der Waals surface area contributed by atoms with Crippen LogP contribution in [0.4, 0.5) is 0 Å². The van der Waals surface area contributed by atoms with E-state index >= 15 is 0 Å². The summed E-state index contributed by atoms with van der Waals surface area (Å²) in [5.74, 6) is 0.663. The predicted octanol–water partition coefficient (Wildman–Crippen LogP) is 2.14. The molecule has 2 heteroatoms. The van der Waals surface area contributed by atoms with Gasteiger partial charge in [0, 0.05) is 12.6 Å². The molecule has 0 saturated heterocycles. The zero-order valence-corrected chi connectivity index (χ0v) is 6.72. The van der Waals surface area contributed by atoms with Gasteiger partial charge in [-0.3, -0.25) is 0 Å². The molecule has 0 aromatic carbocycles. The van der Waals surface area contributed by atoms with Crippen LogP contribution in [0.15, 0.2) is 29.4 Å². The third kappa shape index (κ3) is 3.89. The van der Waals surface area contributed by atoms with Crippen molar-refractivity contribution >= 4 is 5.90 Å². The molecule has 0 aromatic rings. The monoisotopic (exact) mass is 139 g/mol. The molecule has 0 radical (unpaired) electrons. The van der Waals surface area contributed by atoms with Gasteiger partial charge in [-0.25, -0.2) is 4.99 Å². The van der Waals surface area contributed by atoms with Crippen molar-refractivity contribution in [3.63, 3.8) is 0 Å².